The van der Waals surface area contributed by atoms with Gasteiger partial charge in [0.2, 0.25) is 0 Å². The molecule has 0 saturated carbocycles. The van der Waals surface area contributed by atoms with Gasteiger partial charge in [0.25, 0.3) is 0 Å². The third-order valence-corrected chi connectivity index (χ3v) is 3.88. The first-order valence-electron chi connectivity index (χ1n) is 6.26. The first kappa shape index (κ1) is 15.5. The third kappa shape index (κ3) is 4.58. The summed E-state index contributed by atoms with van der Waals surface area (Å²) >= 11 is 8.19. The van der Waals surface area contributed by atoms with E-state index >= 15 is 0 Å². The van der Waals surface area contributed by atoms with Gasteiger partial charge in [-0.15, -0.1) is 0 Å². The van der Waals surface area contributed by atoms with E-state index in [2.05, 4.69) is 22.6 Å². The van der Waals surface area contributed by atoms with Gasteiger partial charge in [0.05, 0.1) is 6.54 Å². The van der Waals surface area contributed by atoms with Crippen molar-refractivity contribution in [2.45, 2.75) is 6.54 Å². The van der Waals surface area contributed by atoms with Crippen LogP contribution in [0.2, 0.25) is 5.02 Å². The average Bonchev–Trinajstić information content (AvgIpc) is 2.39. The molecule has 0 amide bonds. The van der Waals surface area contributed by atoms with Crippen molar-refractivity contribution in [2.24, 2.45) is 0 Å². The van der Waals surface area contributed by atoms with Gasteiger partial charge in [-0.1, -0.05) is 35.9 Å². The molecule has 2 aromatic rings. The van der Waals surface area contributed by atoms with Crippen LogP contribution >= 0.6 is 34.2 Å². The van der Waals surface area contributed by atoms with Crippen LogP contribution < -0.4 is 0 Å². The van der Waals surface area contributed by atoms with Crippen molar-refractivity contribution in [3.8, 4) is 0 Å². The Bertz CT molecular complexity index is 598. The van der Waals surface area contributed by atoms with Gasteiger partial charge < -0.3 is 0 Å². The quantitative estimate of drug-likeness (QED) is 0.553. The Morgan fingerprint density at radius 1 is 1.20 bits per heavy atom. The first-order valence-corrected chi connectivity index (χ1v) is 7.72. The summed E-state index contributed by atoms with van der Waals surface area (Å²) in [6, 6.07) is 15.4. The highest BCUT2D eigenvalue weighted by Gasteiger charge is 2.09. The van der Waals surface area contributed by atoms with Crippen LogP contribution in [0.1, 0.15) is 15.9 Å². The Labute approximate surface area is 137 Å². The summed E-state index contributed by atoms with van der Waals surface area (Å²) in [5.41, 5.74) is 1.86. The van der Waals surface area contributed by atoms with Crippen molar-refractivity contribution in [2.75, 3.05) is 13.6 Å². The average molecular weight is 400 g/mol. The van der Waals surface area contributed by atoms with Gasteiger partial charge in [-0.2, -0.15) is 0 Å². The number of carbonyl (C=O) groups excluding carboxylic acids is 1. The molecule has 0 aromatic heterocycles. The molecule has 0 aliphatic carbocycles. The van der Waals surface area contributed by atoms with E-state index in [0.29, 0.717) is 13.1 Å². The standard InChI is InChI=1S/C16H15ClINO/c1-19(10-12-3-2-4-14(17)9-12)11-16(20)13-5-7-15(18)8-6-13/h2-9H,10-11H2,1H3. The number of carbonyl (C=O) groups is 1. The molecule has 20 heavy (non-hydrogen) atoms. The fourth-order valence-corrected chi connectivity index (χ4v) is 2.55. The molecular weight excluding hydrogens is 385 g/mol. The topological polar surface area (TPSA) is 20.3 Å². The Hall–Kier alpha value is -0.910. The minimum Gasteiger partial charge on any atom is -0.295 e. The van der Waals surface area contributed by atoms with Gasteiger partial charge in [-0.3, -0.25) is 9.69 Å². The fourth-order valence-electron chi connectivity index (χ4n) is 1.98. The molecule has 104 valence electrons. The molecule has 0 saturated heterocycles. The second kappa shape index (κ2) is 7.20. The van der Waals surface area contributed by atoms with Crippen LogP contribution in [0.25, 0.3) is 0 Å². The van der Waals surface area contributed by atoms with Crippen molar-refractivity contribution in [3.63, 3.8) is 0 Å². The number of benzene rings is 2. The highest BCUT2D eigenvalue weighted by atomic mass is 127. The molecular formula is C16H15ClINO. The largest absolute Gasteiger partial charge is 0.295 e. The van der Waals surface area contributed by atoms with E-state index in [1.165, 1.54) is 0 Å². The molecule has 0 aliphatic heterocycles. The van der Waals surface area contributed by atoms with E-state index in [0.717, 1.165) is 19.7 Å². The Balaban J connectivity index is 1.95. The van der Waals surface area contributed by atoms with Crippen LogP contribution in [0.4, 0.5) is 0 Å². The molecule has 2 nitrogen and oxygen atoms in total. The Morgan fingerprint density at radius 3 is 2.55 bits per heavy atom. The lowest BCUT2D eigenvalue weighted by atomic mass is 10.1. The van der Waals surface area contributed by atoms with Crippen molar-refractivity contribution in [3.05, 3.63) is 68.3 Å². The van der Waals surface area contributed by atoms with Gasteiger partial charge in [-0.25, -0.2) is 0 Å². The highest BCUT2D eigenvalue weighted by Crippen LogP contribution is 2.13. The molecule has 4 heteroatoms. The van der Waals surface area contributed by atoms with E-state index in [-0.39, 0.29) is 5.78 Å². The number of likely N-dealkylation sites (N-methyl/N-ethyl adjacent to an activating group) is 1. The summed E-state index contributed by atoms with van der Waals surface area (Å²) in [6.45, 7) is 1.10. The number of nitrogens with zero attached hydrogens (tertiary/aromatic N) is 1. The van der Waals surface area contributed by atoms with Crippen molar-refractivity contribution < 1.29 is 4.79 Å². The Morgan fingerprint density at radius 2 is 1.90 bits per heavy atom. The summed E-state index contributed by atoms with van der Waals surface area (Å²) in [4.78, 5) is 14.1. The molecule has 0 unspecified atom stereocenters. The zero-order valence-corrected chi connectivity index (χ0v) is 14.1. The summed E-state index contributed by atoms with van der Waals surface area (Å²) in [6.07, 6.45) is 0. The molecule has 0 N–H and O–H groups in total. The summed E-state index contributed by atoms with van der Waals surface area (Å²) in [5.74, 6) is 0.130. The van der Waals surface area contributed by atoms with Crippen molar-refractivity contribution >= 4 is 40.0 Å². The first-order chi connectivity index (χ1) is 9.54. The number of Topliss-reactive ketones (excluding diaryl/α,β-unsaturated/α-hetero) is 1. The number of rotatable bonds is 5. The number of hydrogen-bond acceptors (Lipinski definition) is 2. The maximum Gasteiger partial charge on any atom is 0.176 e. The lowest BCUT2D eigenvalue weighted by Crippen LogP contribution is -2.25. The summed E-state index contributed by atoms with van der Waals surface area (Å²) < 4.78 is 1.13. The van der Waals surface area contributed by atoms with Crippen molar-refractivity contribution in [1.29, 1.82) is 0 Å². The van der Waals surface area contributed by atoms with Crippen LogP contribution in [-0.2, 0) is 6.54 Å². The predicted molar refractivity (Wildman–Crippen MR) is 91.3 cm³/mol. The summed E-state index contributed by atoms with van der Waals surface area (Å²) in [5, 5.41) is 0.722. The SMILES string of the molecule is CN(CC(=O)c1ccc(I)cc1)Cc1cccc(Cl)c1. The van der Waals surface area contributed by atoms with E-state index in [1.807, 2.05) is 60.5 Å². The van der Waals surface area contributed by atoms with Gasteiger partial charge in [0.15, 0.2) is 5.78 Å². The van der Waals surface area contributed by atoms with E-state index in [1.54, 1.807) is 0 Å². The second-order valence-corrected chi connectivity index (χ2v) is 6.41. The van der Waals surface area contributed by atoms with Crippen LogP contribution in [0.5, 0.6) is 0 Å². The van der Waals surface area contributed by atoms with Crippen LogP contribution in [-0.4, -0.2) is 24.3 Å². The molecule has 0 heterocycles. The molecule has 0 fully saturated rings. The van der Waals surface area contributed by atoms with Gasteiger partial charge in [-0.05, 0) is 59.5 Å². The molecule has 0 bridgehead atoms. The maximum absolute atomic E-state index is 12.2. The van der Waals surface area contributed by atoms with Gasteiger partial charge >= 0.3 is 0 Å². The van der Waals surface area contributed by atoms with Gasteiger partial charge in [0, 0.05) is 20.7 Å². The number of halogens is 2. The number of ketones is 1. The predicted octanol–water partition coefficient (Wildman–Crippen LogP) is 4.26. The van der Waals surface area contributed by atoms with E-state index in [4.69, 9.17) is 11.6 Å². The normalized spacial score (nSPS) is 10.8. The molecule has 0 spiro atoms. The zero-order chi connectivity index (χ0) is 14.5. The molecule has 0 atom stereocenters. The third-order valence-electron chi connectivity index (χ3n) is 2.92. The highest BCUT2D eigenvalue weighted by molar-refractivity contribution is 14.1. The summed E-state index contributed by atoms with van der Waals surface area (Å²) in [7, 11) is 1.94. The van der Waals surface area contributed by atoms with Crippen LogP contribution in [0.15, 0.2) is 48.5 Å². The fraction of sp³-hybridized carbons (Fsp3) is 0.188. The van der Waals surface area contributed by atoms with E-state index < -0.39 is 0 Å². The monoisotopic (exact) mass is 399 g/mol. The lowest BCUT2D eigenvalue weighted by Gasteiger charge is -2.16. The van der Waals surface area contributed by atoms with Gasteiger partial charge in [0.1, 0.15) is 0 Å². The minimum absolute atomic E-state index is 0.130. The minimum atomic E-state index is 0.130. The molecule has 2 aromatic carbocycles. The van der Waals surface area contributed by atoms with Crippen molar-refractivity contribution in [1.82, 2.24) is 4.90 Å². The zero-order valence-electron chi connectivity index (χ0n) is 11.1. The van der Waals surface area contributed by atoms with Crippen LogP contribution in [0.3, 0.4) is 0 Å². The molecule has 0 radical (unpaired) electrons. The number of hydrogen-bond donors (Lipinski definition) is 0. The lowest BCUT2D eigenvalue weighted by molar-refractivity contribution is 0.0943. The Kier molecular flexibility index (Phi) is 5.57. The maximum atomic E-state index is 12.2. The smallest absolute Gasteiger partial charge is 0.176 e. The molecule has 2 rings (SSSR count). The van der Waals surface area contributed by atoms with E-state index in [9.17, 15) is 4.79 Å². The molecule has 0 aliphatic rings. The van der Waals surface area contributed by atoms with Crippen LogP contribution in [0, 0.1) is 3.57 Å². The second-order valence-electron chi connectivity index (χ2n) is 4.73.